The average molecular weight is 424 g/mol. The van der Waals surface area contributed by atoms with Gasteiger partial charge in [0.15, 0.2) is 0 Å². The maximum atomic E-state index is 13.6. The smallest absolute Gasteiger partial charge is 0.270 e. The van der Waals surface area contributed by atoms with E-state index in [1.807, 2.05) is 38.1 Å². The van der Waals surface area contributed by atoms with Gasteiger partial charge in [0.1, 0.15) is 5.75 Å². The monoisotopic (exact) mass is 423 g/mol. The minimum atomic E-state index is -4.15. The van der Waals surface area contributed by atoms with Gasteiger partial charge in [-0.25, -0.2) is 12.7 Å². The van der Waals surface area contributed by atoms with E-state index in [2.05, 4.69) is 0 Å². The Hall–Kier alpha value is -3.12. The molecular weight excluding hydrogens is 398 g/mol. The van der Waals surface area contributed by atoms with E-state index in [9.17, 15) is 18.3 Å². The minimum absolute atomic E-state index is 0.0208. The molecule has 30 heavy (non-hydrogen) atoms. The molecule has 0 heterocycles. The van der Waals surface area contributed by atoms with E-state index in [4.69, 9.17) is 0 Å². The Labute approximate surface area is 177 Å². The van der Waals surface area contributed by atoms with Crippen molar-refractivity contribution in [2.24, 2.45) is 0 Å². The molecule has 0 aliphatic carbocycles. The molecule has 0 bridgehead atoms. The van der Waals surface area contributed by atoms with Crippen LogP contribution in [0.4, 0.5) is 5.69 Å². The molecule has 6 heteroatoms. The molecule has 0 saturated heterocycles. The van der Waals surface area contributed by atoms with Crippen molar-refractivity contribution in [3.63, 3.8) is 0 Å². The van der Waals surface area contributed by atoms with E-state index in [-0.39, 0.29) is 22.8 Å². The normalized spacial score (nSPS) is 11.3. The lowest BCUT2D eigenvalue weighted by Gasteiger charge is -2.26. The van der Waals surface area contributed by atoms with Crippen LogP contribution in [0.5, 0.6) is 5.75 Å². The first-order chi connectivity index (χ1) is 14.1. The number of amides is 1. The summed E-state index contributed by atoms with van der Waals surface area (Å²) in [4.78, 5) is 13.4. The molecule has 1 N–H and O–H groups in total. The zero-order valence-corrected chi connectivity index (χ0v) is 18.3. The first-order valence-corrected chi connectivity index (χ1v) is 11.0. The molecule has 0 fully saturated rings. The lowest BCUT2D eigenvalue weighted by Crippen LogP contribution is -2.39. The SMILES string of the molecule is Cc1ccc(CC(=O)N(c2c(C)cc(O)cc2C)S(=O)(=O)c2ccc(C)cc2)cc1. The third-order valence-corrected chi connectivity index (χ3v) is 6.68. The predicted molar refractivity (Wildman–Crippen MR) is 118 cm³/mol. The summed E-state index contributed by atoms with van der Waals surface area (Å²) in [5.74, 6) is -0.538. The van der Waals surface area contributed by atoms with Crippen molar-refractivity contribution < 1.29 is 18.3 Å². The van der Waals surface area contributed by atoms with Gasteiger partial charge < -0.3 is 5.11 Å². The first kappa shape index (κ1) is 21.6. The van der Waals surface area contributed by atoms with Crippen molar-refractivity contribution in [1.29, 1.82) is 0 Å². The fraction of sp³-hybridized carbons (Fsp3) is 0.208. The maximum Gasteiger partial charge on any atom is 0.270 e. The second-order valence-electron chi connectivity index (χ2n) is 7.57. The third-order valence-electron chi connectivity index (χ3n) is 4.94. The summed E-state index contributed by atoms with van der Waals surface area (Å²) in [7, 11) is -4.15. The van der Waals surface area contributed by atoms with Crippen molar-refractivity contribution in [2.75, 3.05) is 4.31 Å². The van der Waals surface area contributed by atoms with Crippen LogP contribution < -0.4 is 4.31 Å². The Morgan fingerprint density at radius 3 is 1.80 bits per heavy atom. The topological polar surface area (TPSA) is 74.7 Å². The summed E-state index contributed by atoms with van der Waals surface area (Å²) >= 11 is 0. The van der Waals surface area contributed by atoms with Gasteiger partial charge in [-0.05, 0) is 68.7 Å². The quantitative estimate of drug-likeness (QED) is 0.651. The number of phenolic OH excluding ortho intramolecular Hbond substituents is 1. The van der Waals surface area contributed by atoms with E-state index < -0.39 is 15.9 Å². The molecule has 0 atom stereocenters. The molecule has 0 aromatic heterocycles. The lowest BCUT2D eigenvalue weighted by atomic mass is 10.1. The molecule has 1 amide bonds. The molecule has 0 saturated carbocycles. The number of rotatable bonds is 5. The van der Waals surface area contributed by atoms with Gasteiger partial charge in [0, 0.05) is 0 Å². The second-order valence-corrected chi connectivity index (χ2v) is 9.35. The number of hydrogen-bond donors (Lipinski definition) is 1. The molecule has 0 aliphatic rings. The van der Waals surface area contributed by atoms with Crippen LogP contribution in [0.2, 0.25) is 0 Å². The third kappa shape index (κ3) is 4.39. The molecule has 156 valence electrons. The van der Waals surface area contributed by atoms with E-state index in [0.717, 1.165) is 21.0 Å². The van der Waals surface area contributed by atoms with Crippen molar-refractivity contribution in [3.8, 4) is 5.75 Å². The molecule has 0 aliphatic heterocycles. The summed E-state index contributed by atoms with van der Waals surface area (Å²) in [6.45, 7) is 7.17. The number of nitrogens with zero attached hydrogens (tertiary/aromatic N) is 1. The van der Waals surface area contributed by atoms with Gasteiger partial charge in [-0.3, -0.25) is 4.79 Å². The Kier molecular flexibility index (Phi) is 5.99. The largest absolute Gasteiger partial charge is 0.508 e. The number of aryl methyl sites for hydroxylation is 4. The zero-order valence-electron chi connectivity index (χ0n) is 17.5. The predicted octanol–water partition coefficient (Wildman–Crippen LogP) is 4.59. The van der Waals surface area contributed by atoms with Gasteiger partial charge >= 0.3 is 0 Å². The average Bonchev–Trinajstić information content (AvgIpc) is 2.66. The van der Waals surface area contributed by atoms with Gasteiger partial charge in [0.2, 0.25) is 5.91 Å². The van der Waals surface area contributed by atoms with Crippen molar-refractivity contribution in [3.05, 3.63) is 88.5 Å². The van der Waals surface area contributed by atoms with Gasteiger partial charge in [0.25, 0.3) is 10.0 Å². The number of aromatic hydroxyl groups is 1. The number of carbonyl (C=O) groups excluding carboxylic acids is 1. The Balaban J connectivity index is 2.15. The van der Waals surface area contributed by atoms with Crippen LogP contribution in [0, 0.1) is 27.7 Å². The molecule has 0 unspecified atom stereocenters. The number of sulfonamides is 1. The van der Waals surface area contributed by atoms with Crippen LogP contribution >= 0.6 is 0 Å². The van der Waals surface area contributed by atoms with Crippen LogP contribution in [0.1, 0.15) is 27.8 Å². The Morgan fingerprint density at radius 1 is 0.833 bits per heavy atom. The molecule has 5 nitrogen and oxygen atoms in total. The first-order valence-electron chi connectivity index (χ1n) is 9.60. The fourth-order valence-corrected chi connectivity index (χ4v) is 4.95. The molecule has 0 radical (unpaired) electrons. The van der Waals surface area contributed by atoms with Gasteiger partial charge in [-0.1, -0.05) is 47.5 Å². The standard InChI is InChI=1S/C24H25NO4S/c1-16-5-9-20(10-6-16)15-23(27)25(24-18(3)13-21(26)14-19(24)4)30(28,29)22-11-7-17(2)8-12-22/h5-14,26H,15H2,1-4H3. The Bertz CT molecular complexity index is 1160. The van der Waals surface area contributed by atoms with Crippen LogP contribution in [0.25, 0.3) is 0 Å². The number of benzene rings is 3. The number of phenols is 1. The molecule has 3 aromatic rings. The molecular formula is C24H25NO4S. The molecule has 0 spiro atoms. The highest BCUT2D eigenvalue weighted by atomic mass is 32.2. The highest BCUT2D eigenvalue weighted by Crippen LogP contribution is 2.33. The van der Waals surface area contributed by atoms with Crippen LogP contribution in [0.15, 0.2) is 65.6 Å². The summed E-state index contributed by atoms with van der Waals surface area (Å²) < 4.78 is 28.0. The zero-order chi connectivity index (χ0) is 22.1. The van der Waals surface area contributed by atoms with E-state index >= 15 is 0 Å². The number of anilines is 1. The second kappa shape index (κ2) is 8.32. The van der Waals surface area contributed by atoms with E-state index in [0.29, 0.717) is 11.1 Å². The maximum absolute atomic E-state index is 13.6. The summed E-state index contributed by atoms with van der Waals surface area (Å²) in [6, 6.07) is 16.7. The van der Waals surface area contributed by atoms with Gasteiger partial charge in [-0.15, -0.1) is 0 Å². The van der Waals surface area contributed by atoms with Gasteiger partial charge in [-0.2, -0.15) is 0 Å². The summed E-state index contributed by atoms with van der Waals surface area (Å²) in [5.41, 5.74) is 3.97. The summed E-state index contributed by atoms with van der Waals surface area (Å²) in [5, 5.41) is 9.90. The lowest BCUT2D eigenvalue weighted by molar-refractivity contribution is -0.116. The highest BCUT2D eigenvalue weighted by Gasteiger charge is 2.33. The van der Waals surface area contributed by atoms with Crippen LogP contribution in [-0.2, 0) is 21.2 Å². The number of carbonyl (C=O) groups is 1. The molecule has 3 rings (SSSR count). The molecule has 3 aromatic carbocycles. The fourth-order valence-electron chi connectivity index (χ4n) is 3.40. The van der Waals surface area contributed by atoms with Crippen molar-refractivity contribution in [2.45, 2.75) is 39.0 Å². The summed E-state index contributed by atoms with van der Waals surface area (Å²) in [6.07, 6.45) is -0.0644. The van der Waals surface area contributed by atoms with Crippen LogP contribution in [-0.4, -0.2) is 19.4 Å². The van der Waals surface area contributed by atoms with Gasteiger partial charge in [0.05, 0.1) is 17.0 Å². The minimum Gasteiger partial charge on any atom is -0.508 e. The van der Waals surface area contributed by atoms with Crippen molar-refractivity contribution >= 4 is 21.6 Å². The van der Waals surface area contributed by atoms with Crippen molar-refractivity contribution in [1.82, 2.24) is 0 Å². The van der Waals surface area contributed by atoms with E-state index in [1.54, 1.807) is 26.0 Å². The highest BCUT2D eigenvalue weighted by molar-refractivity contribution is 7.93. The van der Waals surface area contributed by atoms with Crippen LogP contribution in [0.3, 0.4) is 0 Å². The number of hydrogen-bond acceptors (Lipinski definition) is 4. The van der Waals surface area contributed by atoms with E-state index in [1.165, 1.54) is 24.3 Å². The Morgan fingerprint density at radius 2 is 1.30 bits per heavy atom.